The smallest absolute Gasteiger partial charge is 0.270 e. The highest BCUT2D eigenvalue weighted by atomic mass is 19.1. The highest BCUT2D eigenvalue weighted by Crippen LogP contribution is 2.23. The van der Waals surface area contributed by atoms with Crippen molar-refractivity contribution in [1.82, 2.24) is 5.32 Å². The number of amides is 1. The standard InChI is InChI=1S/C12H13FN2O4/c1-6-2-8(15(18)19)5-10(11(6)13)12(17)14-7-3-9(16)4-7/h2,5,7,9,16H,3-4H2,1H3,(H,14,17). The minimum absolute atomic E-state index is 0.0491. The number of aliphatic hydroxyl groups excluding tert-OH is 1. The maximum atomic E-state index is 13.8. The number of nitrogens with zero attached hydrogens (tertiary/aromatic N) is 1. The molecule has 0 radical (unpaired) electrons. The fourth-order valence-electron chi connectivity index (χ4n) is 1.99. The van der Waals surface area contributed by atoms with Crippen LogP contribution in [0, 0.1) is 22.9 Å². The molecule has 1 amide bonds. The van der Waals surface area contributed by atoms with Crippen LogP contribution < -0.4 is 5.32 Å². The Bertz CT molecular complexity index is 541. The summed E-state index contributed by atoms with van der Waals surface area (Å²) in [5.74, 6) is -1.45. The number of benzene rings is 1. The van der Waals surface area contributed by atoms with Gasteiger partial charge in [0.1, 0.15) is 5.82 Å². The van der Waals surface area contributed by atoms with Gasteiger partial charge in [-0.15, -0.1) is 0 Å². The normalized spacial score (nSPS) is 21.6. The van der Waals surface area contributed by atoms with Crippen molar-refractivity contribution < 1.29 is 19.2 Å². The van der Waals surface area contributed by atoms with E-state index < -0.39 is 22.8 Å². The van der Waals surface area contributed by atoms with Gasteiger partial charge in [0.05, 0.1) is 16.6 Å². The largest absolute Gasteiger partial charge is 0.393 e. The van der Waals surface area contributed by atoms with Crippen LogP contribution in [0.1, 0.15) is 28.8 Å². The first-order valence-corrected chi connectivity index (χ1v) is 5.82. The summed E-state index contributed by atoms with van der Waals surface area (Å²) < 4.78 is 13.8. The number of nitrogens with one attached hydrogen (secondary N) is 1. The summed E-state index contributed by atoms with van der Waals surface area (Å²) in [7, 11) is 0. The van der Waals surface area contributed by atoms with Crippen LogP contribution in [0.25, 0.3) is 0 Å². The predicted octanol–water partition coefficient (Wildman–Crippen LogP) is 1.30. The second-order valence-corrected chi connectivity index (χ2v) is 4.68. The first kappa shape index (κ1) is 13.4. The minimum Gasteiger partial charge on any atom is -0.393 e. The summed E-state index contributed by atoms with van der Waals surface area (Å²) in [6, 6.07) is 1.80. The number of nitro benzene ring substituents is 1. The van der Waals surface area contributed by atoms with Crippen molar-refractivity contribution >= 4 is 11.6 Å². The van der Waals surface area contributed by atoms with E-state index in [0.29, 0.717) is 12.8 Å². The molecule has 0 bridgehead atoms. The third-order valence-electron chi connectivity index (χ3n) is 3.14. The number of hydrogen-bond donors (Lipinski definition) is 2. The van der Waals surface area contributed by atoms with E-state index in [9.17, 15) is 19.3 Å². The highest BCUT2D eigenvalue weighted by Gasteiger charge is 2.30. The molecule has 1 fully saturated rings. The average molecular weight is 268 g/mol. The second kappa shape index (κ2) is 4.93. The van der Waals surface area contributed by atoms with Gasteiger partial charge < -0.3 is 10.4 Å². The third-order valence-corrected chi connectivity index (χ3v) is 3.14. The molecule has 102 valence electrons. The van der Waals surface area contributed by atoms with Gasteiger partial charge >= 0.3 is 0 Å². The molecule has 19 heavy (non-hydrogen) atoms. The lowest BCUT2D eigenvalue weighted by molar-refractivity contribution is -0.385. The zero-order valence-corrected chi connectivity index (χ0v) is 10.2. The van der Waals surface area contributed by atoms with Crippen molar-refractivity contribution in [2.75, 3.05) is 0 Å². The summed E-state index contributed by atoms with van der Waals surface area (Å²) in [6.07, 6.45) is 0.393. The number of nitro groups is 1. The monoisotopic (exact) mass is 268 g/mol. The lowest BCUT2D eigenvalue weighted by Gasteiger charge is -2.31. The van der Waals surface area contributed by atoms with Crippen molar-refractivity contribution in [2.24, 2.45) is 0 Å². The molecule has 0 aliphatic heterocycles. The molecule has 1 aromatic carbocycles. The van der Waals surface area contributed by atoms with E-state index in [1.807, 2.05) is 0 Å². The summed E-state index contributed by atoms with van der Waals surface area (Å²) in [4.78, 5) is 21.9. The number of carbonyl (C=O) groups excluding carboxylic acids is 1. The van der Waals surface area contributed by atoms with Crippen LogP contribution in [0.4, 0.5) is 10.1 Å². The van der Waals surface area contributed by atoms with Gasteiger partial charge in [-0.2, -0.15) is 0 Å². The number of aryl methyl sites for hydroxylation is 1. The molecule has 2 N–H and O–H groups in total. The molecule has 1 saturated carbocycles. The van der Waals surface area contributed by atoms with Crippen LogP contribution in [-0.4, -0.2) is 28.1 Å². The fraction of sp³-hybridized carbons (Fsp3) is 0.417. The fourth-order valence-corrected chi connectivity index (χ4v) is 1.99. The Morgan fingerprint density at radius 3 is 2.68 bits per heavy atom. The van der Waals surface area contributed by atoms with Crippen LogP contribution in [-0.2, 0) is 0 Å². The van der Waals surface area contributed by atoms with E-state index in [1.165, 1.54) is 6.92 Å². The van der Waals surface area contributed by atoms with Gasteiger partial charge in [0, 0.05) is 18.2 Å². The Labute approximate surface area is 108 Å². The SMILES string of the molecule is Cc1cc([N+](=O)[O-])cc(C(=O)NC2CC(O)C2)c1F. The van der Waals surface area contributed by atoms with Crippen molar-refractivity contribution in [3.8, 4) is 0 Å². The van der Waals surface area contributed by atoms with Crippen molar-refractivity contribution in [3.05, 3.63) is 39.2 Å². The van der Waals surface area contributed by atoms with E-state index in [0.717, 1.165) is 12.1 Å². The Morgan fingerprint density at radius 1 is 1.53 bits per heavy atom. The van der Waals surface area contributed by atoms with Crippen LogP contribution >= 0.6 is 0 Å². The first-order chi connectivity index (χ1) is 8.88. The van der Waals surface area contributed by atoms with Crippen LogP contribution in [0.2, 0.25) is 0 Å². The molecule has 0 aromatic heterocycles. The predicted molar refractivity (Wildman–Crippen MR) is 64.3 cm³/mol. The van der Waals surface area contributed by atoms with E-state index in [-0.39, 0.29) is 22.9 Å². The molecule has 6 nitrogen and oxygen atoms in total. The van der Waals surface area contributed by atoms with E-state index >= 15 is 0 Å². The molecule has 0 atom stereocenters. The highest BCUT2D eigenvalue weighted by molar-refractivity contribution is 5.95. The number of aliphatic hydroxyl groups is 1. The van der Waals surface area contributed by atoms with Gasteiger partial charge in [-0.1, -0.05) is 0 Å². The zero-order chi connectivity index (χ0) is 14.2. The first-order valence-electron chi connectivity index (χ1n) is 5.82. The Hall–Kier alpha value is -2.02. The zero-order valence-electron chi connectivity index (χ0n) is 10.2. The summed E-state index contributed by atoms with van der Waals surface area (Å²) in [5.41, 5.74) is -0.612. The molecule has 0 unspecified atom stereocenters. The molecule has 2 rings (SSSR count). The average Bonchev–Trinajstić information content (AvgIpc) is 2.30. The lowest BCUT2D eigenvalue weighted by atomic mass is 9.89. The van der Waals surface area contributed by atoms with E-state index in [2.05, 4.69) is 5.32 Å². The summed E-state index contributed by atoms with van der Waals surface area (Å²) >= 11 is 0. The third kappa shape index (κ3) is 2.70. The van der Waals surface area contributed by atoms with Crippen LogP contribution in [0.3, 0.4) is 0 Å². The maximum absolute atomic E-state index is 13.8. The number of non-ortho nitro benzene ring substituents is 1. The van der Waals surface area contributed by atoms with Crippen molar-refractivity contribution in [1.29, 1.82) is 0 Å². The topological polar surface area (TPSA) is 92.5 Å². The van der Waals surface area contributed by atoms with Gasteiger partial charge in [-0.25, -0.2) is 4.39 Å². The van der Waals surface area contributed by atoms with Gasteiger partial charge in [-0.3, -0.25) is 14.9 Å². The molecular weight excluding hydrogens is 255 g/mol. The van der Waals surface area contributed by atoms with Gasteiger partial charge in [0.25, 0.3) is 11.6 Å². The molecule has 1 aliphatic rings. The van der Waals surface area contributed by atoms with Crippen LogP contribution in [0.15, 0.2) is 12.1 Å². The Balaban J connectivity index is 2.22. The second-order valence-electron chi connectivity index (χ2n) is 4.68. The number of rotatable bonds is 3. The Morgan fingerprint density at radius 2 is 2.16 bits per heavy atom. The number of carbonyl (C=O) groups is 1. The minimum atomic E-state index is -0.761. The number of halogens is 1. The summed E-state index contributed by atoms with van der Waals surface area (Å²) in [5, 5.41) is 22.3. The van der Waals surface area contributed by atoms with E-state index in [1.54, 1.807) is 0 Å². The molecule has 0 spiro atoms. The van der Waals surface area contributed by atoms with Gasteiger partial charge in [-0.05, 0) is 25.3 Å². The quantitative estimate of drug-likeness (QED) is 0.638. The van der Waals surface area contributed by atoms with Crippen molar-refractivity contribution in [3.63, 3.8) is 0 Å². The van der Waals surface area contributed by atoms with Gasteiger partial charge in [0.15, 0.2) is 0 Å². The maximum Gasteiger partial charge on any atom is 0.270 e. The molecular formula is C12H13FN2O4. The number of hydrogen-bond acceptors (Lipinski definition) is 4. The van der Waals surface area contributed by atoms with E-state index in [4.69, 9.17) is 5.11 Å². The molecule has 1 aromatic rings. The van der Waals surface area contributed by atoms with Crippen molar-refractivity contribution in [2.45, 2.75) is 31.9 Å². The summed E-state index contributed by atoms with van der Waals surface area (Å²) in [6.45, 7) is 1.37. The molecule has 0 saturated heterocycles. The Kier molecular flexibility index (Phi) is 3.48. The van der Waals surface area contributed by atoms with Gasteiger partial charge in [0.2, 0.25) is 0 Å². The lowest BCUT2D eigenvalue weighted by Crippen LogP contribution is -2.46. The van der Waals surface area contributed by atoms with Crippen LogP contribution in [0.5, 0.6) is 0 Å². The molecule has 0 heterocycles. The molecule has 7 heteroatoms. The molecule has 1 aliphatic carbocycles.